The van der Waals surface area contributed by atoms with Crippen molar-refractivity contribution in [1.82, 2.24) is 5.32 Å². The quantitative estimate of drug-likeness (QED) is 0.564. The molecule has 4 heteroatoms. The summed E-state index contributed by atoms with van der Waals surface area (Å²) in [5.41, 5.74) is 0. The summed E-state index contributed by atoms with van der Waals surface area (Å²) in [5, 5.41) is 2.69. The van der Waals surface area contributed by atoms with E-state index in [2.05, 4.69) is 10.2 Å². The number of carbonyl (C=O) groups is 1. The molecule has 0 aliphatic heterocycles. The second-order valence-electron chi connectivity index (χ2n) is 2.50. The minimum Gasteiger partial charge on any atom is -0.353 e. The molecule has 0 fully saturated rings. The van der Waals surface area contributed by atoms with Crippen LogP contribution in [-0.4, -0.2) is 18.6 Å². The van der Waals surface area contributed by atoms with E-state index in [9.17, 15) is 4.79 Å². The average Bonchev–Trinajstić information content (AvgIpc) is 2.01. The second kappa shape index (κ2) is 6.12. The molecule has 4 nitrogen and oxygen atoms in total. The highest BCUT2D eigenvalue weighted by molar-refractivity contribution is 5.75. The summed E-state index contributed by atoms with van der Waals surface area (Å²) in [4.78, 5) is 15.3. The van der Waals surface area contributed by atoms with Crippen molar-refractivity contribution in [1.29, 1.82) is 0 Å². The number of nitrogens with one attached hydrogen (secondary N) is 1. The molecule has 0 saturated heterocycles. The SMILES string of the molecule is CCCC(=O)NCC(C)ON. The molecule has 0 bridgehead atoms. The third kappa shape index (κ3) is 5.82. The first-order valence-electron chi connectivity index (χ1n) is 3.83. The van der Waals surface area contributed by atoms with E-state index in [1.807, 2.05) is 6.92 Å². The van der Waals surface area contributed by atoms with Crippen LogP contribution in [-0.2, 0) is 9.63 Å². The maximum absolute atomic E-state index is 10.9. The molecule has 0 aromatic carbocycles. The second-order valence-corrected chi connectivity index (χ2v) is 2.50. The molecule has 1 atom stereocenters. The number of hydrogen-bond donors (Lipinski definition) is 2. The van der Waals surface area contributed by atoms with E-state index in [1.54, 1.807) is 6.92 Å². The fourth-order valence-electron chi connectivity index (χ4n) is 0.621. The minimum absolute atomic E-state index is 0.0522. The largest absolute Gasteiger partial charge is 0.353 e. The Morgan fingerprint density at radius 1 is 1.73 bits per heavy atom. The summed E-state index contributed by atoms with van der Waals surface area (Å²) in [6.07, 6.45) is 1.32. The summed E-state index contributed by atoms with van der Waals surface area (Å²) in [6, 6.07) is 0. The Hall–Kier alpha value is -0.610. The van der Waals surface area contributed by atoms with Crippen LogP contribution in [0, 0.1) is 0 Å². The maximum atomic E-state index is 10.9. The van der Waals surface area contributed by atoms with Gasteiger partial charge in [0, 0.05) is 13.0 Å². The zero-order valence-electron chi connectivity index (χ0n) is 7.09. The monoisotopic (exact) mass is 160 g/mol. The molecule has 0 aliphatic rings. The highest BCUT2D eigenvalue weighted by Gasteiger charge is 2.02. The van der Waals surface area contributed by atoms with Crippen LogP contribution in [0.3, 0.4) is 0 Å². The van der Waals surface area contributed by atoms with Gasteiger partial charge in [0.1, 0.15) is 0 Å². The molecule has 0 aromatic heterocycles. The van der Waals surface area contributed by atoms with Gasteiger partial charge >= 0.3 is 0 Å². The van der Waals surface area contributed by atoms with Crippen molar-refractivity contribution < 1.29 is 9.63 Å². The van der Waals surface area contributed by atoms with Crippen LogP contribution in [0.2, 0.25) is 0 Å². The van der Waals surface area contributed by atoms with E-state index in [1.165, 1.54) is 0 Å². The summed E-state index contributed by atoms with van der Waals surface area (Å²) >= 11 is 0. The van der Waals surface area contributed by atoms with Gasteiger partial charge in [-0.1, -0.05) is 6.92 Å². The van der Waals surface area contributed by atoms with E-state index in [4.69, 9.17) is 5.90 Å². The Kier molecular flexibility index (Phi) is 5.78. The standard InChI is InChI=1S/C7H16N2O2/c1-3-4-7(10)9-5-6(2)11-8/h6H,3-5,8H2,1-2H3,(H,9,10). The molecule has 0 rings (SSSR count). The van der Waals surface area contributed by atoms with Gasteiger partial charge in [-0.3, -0.25) is 9.63 Å². The topological polar surface area (TPSA) is 64.3 Å². The van der Waals surface area contributed by atoms with Crippen LogP contribution in [0.1, 0.15) is 26.7 Å². The molecule has 0 aromatic rings. The lowest BCUT2D eigenvalue weighted by Crippen LogP contribution is -2.33. The maximum Gasteiger partial charge on any atom is 0.220 e. The summed E-state index contributed by atoms with van der Waals surface area (Å²) in [7, 11) is 0. The lowest BCUT2D eigenvalue weighted by atomic mass is 10.3. The lowest BCUT2D eigenvalue weighted by Gasteiger charge is -2.08. The van der Waals surface area contributed by atoms with Crippen molar-refractivity contribution in [3.05, 3.63) is 0 Å². The molecule has 0 radical (unpaired) electrons. The third-order valence-electron chi connectivity index (χ3n) is 1.30. The van der Waals surface area contributed by atoms with Crippen molar-refractivity contribution in [2.45, 2.75) is 32.8 Å². The van der Waals surface area contributed by atoms with E-state index in [0.29, 0.717) is 13.0 Å². The van der Waals surface area contributed by atoms with Crippen molar-refractivity contribution in [3.8, 4) is 0 Å². The Labute approximate surface area is 67.0 Å². The van der Waals surface area contributed by atoms with Crippen molar-refractivity contribution in [2.75, 3.05) is 6.54 Å². The van der Waals surface area contributed by atoms with Crippen molar-refractivity contribution in [3.63, 3.8) is 0 Å². The predicted octanol–water partition coefficient (Wildman–Crippen LogP) is 0.182. The Balaban J connectivity index is 3.30. The zero-order chi connectivity index (χ0) is 8.69. The fraction of sp³-hybridized carbons (Fsp3) is 0.857. The van der Waals surface area contributed by atoms with Crippen LogP contribution < -0.4 is 11.2 Å². The molecule has 1 unspecified atom stereocenters. The summed E-state index contributed by atoms with van der Waals surface area (Å²) < 4.78 is 0. The normalized spacial score (nSPS) is 12.6. The van der Waals surface area contributed by atoms with Crippen LogP contribution in [0.5, 0.6) is 0 Å². The van der Waals surface area contributed by atoms with Gasteiger partial charge in [0.2, 0.25) is 5.91 Å². The Morgan fingerprint density at radius 2 is 2.36 bits per heavy atom. The number of hydrogen-bond acceptors (Lipinski definition) is 3. The summed E-state index contributed by atoms with van der Waals surface area (Å²) in [6.45, 7) is 4.24. The zero-order valence-corrected chi connectivity index (χ0v) is 7.09. The summed E-state index contributed by atoms with van der Waals surface area (Å²) in [5.74, 6) is 4.93. The molecule has 1 amide bonds. The van der Waals surface area contributed by atoms with Gasteiger partial charge in [-0.15, -0.1) is 0 Å². The number of rotatable bonds is 5. The van der Waals surface area contributed by atoms with Gasteiger partial charge in [0.25, 0.3) is 0 Å². The molecular weight excluding hydrogens is 144 g/mol. The highest BCUT2D eigenvalue weighted by Crippen LogP contribution is 1.87. The van der Waals surface area contributed by atoms with Crippen molar-refractivity contribution >= 4 is 5.91 Å². The van der Waals surface area contributed by atoms with Crippen molar-refractivity contribution in [2.24, 2.45) is 5.90 Å². The van der Waals surface area contributed by atoms with Crippen LogP contribution in [0.25, 0.3) is 0 Å². The molecule has 66 valence electrons. The van der Waals surface area contributed by atoms with Gasteiger partial charge in [0.05, 0.1) is 6.10 Å². The molecular formula is C7H16N2O2. The average molecular weight is 160 g/mol. The van der Waals surface area contributed by atoms with Gasteiger partial charge in [-0.2, -0.15) is 0 Å². The fourth-order valence-corrected chi connectivity index (χ4v) is 0.621. The van der Waals surface area contributed by atoms with Gasteiger partial charge < -0.3 is 5.32 Å². The molecule has 0 saturated carbocycles. The number of nitrogens with two attached hydrogens (primary N) is 1. The first kappa shape index (κ1) is 10.4. The predicted molar refractivity (Wildman–Crippen MR) is 42.7 cm³/mol. The van der Waals surface area contributed by atoms with Crippen LogP contribution in [0.15, 0.2) is 0 Å². The third-order valence-corrected chi connectivity index (χ3v) is 1.30. The molecule has 3 N–H and O–H groups in total. The number of carbonyl (C=O) groups excluding carboxylic acids is 1. The highest BCUT2D eigenvalue weighted by atomic mass is 16.6. The van der Waals surface area contributed by atoms with E-state index in [-0.39, 0.29) is 12.0 Å². The Bertz CT molecular complexity index is 117. The van der Waals surface area contributed by atoms with Crippen LogP contribution >= 0.6 is 0 Å². The number of amides is 1. The molecule has 0 heterocycles. The van der Waals surface area contributed by atoms with Gasteiger partial charge in [-0.05, 0) is 13.3 Å². The van der Waals surface area contributed by atoms with E-state index < -0.39 is 0 Å². The van der Waals surface area contributed by atoms with Gasteiger partial charge in [-0.25, -0.2) is 5.90 Å². The molecule has 0 spiro atoms. The van der Waals surface area contributed by atoms with E-state index >= 15 is 0 Å². The first-order chi connectivity index (χ1) is 5.20. The smallest absolute Gasteiger partial charge is 0.220 e. The molecule has 0 aliphatic carbocycles. The molecule has 11 heavy (non-hydrogen) atoms. The Morgan fingerprint density at radius 3 is 2.82 bits per heavy atom. The van der Waals surface area contributed by atoms with Gasteiger partial charge in [0.15, 0.2) is 0 Å². The minimum atomic E-state index is -0.115. The lowest BCUT2D eigenvalue weighted by molar-refractivity contribution is -0.121. The first-order valence-corrected chi connectivity index (χ1v) is 3.83. The van der Waals surface area contributed by atoms with Crippen LogP contribution in [0.4, 0.5) is 0 Å². The van der Waals surface area contributed by atoms with E-state index in [0.717, 1.165) is 6.42 Å².